The number of aryl methyl sites for hydroxylation is 1. The summed E-state index contributed by atoms with van der Waals surface area (Å²) >= 11 is 0. The first kappa shape index (κ1) is 16.7. The summed E-state index contributed by atoms with van der Waals surface area (Å²) in [5, 5.41) is 8.11. The van der Waals surface area contributed by atoms with E-state index in [-0.39, 0.29) is 11.7 Å². The molecule has 1 N–H and O–H groups in total. The lowest BCUT2D eigenvalue weighted by Crippen LogP contribution is -2.35. The number of rotatable bonds is 4. The van der Waals surface area contributed by atoms with Crippen LogP contribution in [0.2, 0.25) is 0 Å². The van der Waals surface area contributed by atoms with Gasteiger partial charge in [0.1, 0.15) is 5.82 Å². The van der Waals surface area contributed by atoms with Crippen molar-refractivity contribution in [3.05, 3.63) is 12.0 Å². The van der Waals surface area contributed by atoms with Crippen molar-refractivity contribution in [2.24, 2.45) is 18.9 Å². The number of carbonyl (C=O) groups excluding carboxylic acids is 1. The van der Waals surface area contributed by atoms with Crippen molar-refractivity contribution < 1.29 is 4.79 Å². The fraction of sp³-hybridized carbons (Fsp3) is 0.647. The summed E-state index contributed by atoms with van der Waals surface area (Å²) in [6, 6.07) is 0. The van der Waals surface area contributed by atoms with Gasteiger partial charge in [0.05, 0.1) is 11.6 Å². The van der Waals surface area contributed by atoms with E-state index in [9.17, 15) is 4.79 Å². The maximum Gasteiger partial charge on any atom is 0.289 e. The van der Waals surface area contributed by atoms with E-state index in [2.05, 4.69) is 46.1 Å². The molecule has 1 aliphatic heterocycles. The summed E-state index contributed by atoms with van der Waals surface area (Å²) in [5.74, 6) is 1.95. The van der Waals surface area contributed by atoms with Gasteiger partial charge in [-0.15, -0.1) is 0 Å². The topological polar surface area (TPSA) is 75.9 Å². The largest absolute Gasteiger partial charge is 0.356 e. The smallest absolute Gasteiger partial charge is 0.289 e. The zero-order chi connectivity index (χ0) is 17.3. The molecular weight excluding hydrogens is 304 g/mol. The van der Waals surface area contributed by atoms with Crippen molar-refractivity contribution in [2.45, 2.75) is 33.6 Å². The number of nitrogens with one attached hydrogen (secondary N) is 1. The number of hydrogen-bond acceptors (Lipinski definition) is 5. The summed E-state index contributed by atoms with van der Waals surface area (Å²) in [6.45, 7) is 8.92. The molecule has 3 rings (SSSR count). The normalized spacial score (nSPS) is 16.1. The molecule has 0 atom stereocenters. The number of fused-ring (bicyclic) bond motifs is 1. The second-order valence-corrected chi connectivity index (χ2v) is 7.15. The molecule has 1 aliphatic rings. The van der Waals surface area contributed by atoms with E-state index >= 15 is 0 Å². The molecule has 1 amide bonds. The van der Waals surface area contributed by atoms with Gasteiger partial charge in [0.25, 0.3) is 5.91 Å². The lowest BCUT2D eigenvalue weighted by molar-refractivity contribution is 0.0939. The Kier molecular flexibility index (Phi) is 4.69. The highest BCUT2D eigenvalue weighted by atomic mass is 16.2. The Morgan fingerprint density at radius 3 is 2.71 bits per heavy atom. The maximum absolute atomic E-state index is 12.4. The first-order valence-corrected chi connectivity index (χ1v) is 8.68. The van der Waals surface area contributed by atoms with Crippen LogP contribution in [0.4, 0.5) is 5.82 Å². The summed E-state index contributed by atoms with van der Waals surface area (Å²) < 4.78 is 1.70. The van der Waals surface area contributed by atoms with Crippen molar-refractivity contribution in [1.29, 1.82) is 0 Å². The molecule has 1 saturated heterocycles. The predicted molar refractivity (Wildman–Crippen MR) is 94.1 cm³/mol. The molecule has 1 fully saturated rings. The third kappa shape index (κ3) is 3.34. The molecule has 3 heterocycles. The van der Waals surface area contributed by atoms with Crippen molar-refractivity contribution in [2.75, 3.05) is 24.5 Å². The van der Waals surface area contributed by atoms with Crippen LogP contribution in [-0.4, -0.2) is 45.3 Å². The van der Waals surface area contributed by atoms with Crippen LogP contribution < -0.4 is 10.2 Å². The summed E-state index contributed by atoms with van der Waals surface area (Å²) in [7, 11) is 1.84. The van der Waals surface area contributed by atoms with E-state index in [1.165, 1.54) is 0 Å². The molecule has 0 spiro atoms. The minimum atomic E-state index is -0.224. The minimum Gasteiger partial charge on any atom is -0.356 e. The molecule has 7 nitrogen and oxygen atoms in total. The van der Waals surface area contributed by atoms with Crippen LogP contribution in [0.15, 0.2) is 6.20 Å². The number of carbonyl (C=O) groups is 1. The Labute approximate surface area is 142 Å². The molecular formula is C17H26N6O. The fourth-order valence-corrected chi connectivity index (χ4v) is 2.95. The zero-order valence-electron chi connectivity index (χ0n) is 14.9. The number of anilines is 1. The number of hydrogen-bond donors (Lipinski definition) is 1. The van der Waals surface area contributed by atoms with Crippen LogP contribution >= 0.6 is 0 Å². The van der Waals surface area contributed by atoms with Gasteiger partial charge in [0.2, 0.25) is 5.82 Å². The minimum absolute atomic E-state index is 0.223. The van der Waals surface area contributed by atoms with Crippen molar-refractivity contribution in [3.63, 3.8) is 0 Å². The monoisotopic (exact) mass is 330 g/mol. The molecule has 130 valence electrons. The highest BCUT2D eigenvalue weighted by Crippen LogP contribution is 2.27. The van der Waals surface area contributed by atoms with E-state index in [0.29, 0.717) is 18.1 Å². The Bertz CT molecular complexity index is 730. The van der Waals surface area contributed by atoms with Gasteiger partial charge in [0.15, 0.2) is 5.65 Å². The quantitative estimate of drug-likeness (QED) is 0.928. The lowest BCUT2D eigenvalue weighted by Gasteiger charge is -2.31. The van der Waals surface area contributed by atoms with Gasteiger partial charge in [-0.3, -0.25) is 9.48 Å². The Hall–Kier alpha value is -2.18. The standard InChI is InChI=1S/C17H26N6O/c1-11(2)9-18-17(24)14-20-15-13(10-19-22(15)4)16(21-14)23-7-5-12(3)6-8-23/h10-12H,5-9H2,1-4H3,(H,18,24). The van der Waals surface area contributed by atoms with Crippen LogP contribution in [0.1, 0.15) is 44.2 Å². The van der Waals surface area contributed by atoms with Gasteiger partial charge in [-0.2, -0.15) is 5.10 Å². The van der Waals surface area contributed by atoms with Crippen LogP contribution in [-0.2, 0) is 7.05 Å². The number of amides is 1. The predicted octanol–water partition coefficient (Wildman–Crippen LogP) is 1.99. The van der Waals surface area contributed by atoms with Gasteiger partial charge in [0, 0.05) is 26.7 Å². The Morgan fingerprint density at radius 2 is 2.04 bits per heavy atom. The first-order valence-electron chi connectivity index (χ1n) is 8.68. The zero-order valence-corrected chi connectivity index (χ0v) is 14.9. The van der Waals surface area contributed by atoms with Gasteiger partial charge >= 0.3 is 0 Å². The number of aromatic nitrogens is 4. The molecule has 0 unspecified atom stereocenters. The van der Waals surface area contributed by atoms with E-state index in [1.54, 1.807) is 10.9 Å². The van der Waals surface area contributed by atoms with Gasteiger partial charge in [-0.1, -0.05) is 20.8 Å². The highest BCUT2D eigenvalue weighted by Gasteiger charge is 2.23. The molecule has 0 saturated carbocycles. The molecule has 2 aromatic heterocycles. The van der Waals surface area contributed by atoms with E-state index in [0.717, 1.165) is 43.1 Å². The SMILES string of the molecule is CC(C)CNC(=O)c1nc(N2CCC(C)CC2)c2cnn(C)c2n1. The first-order chi connectivity index (χ1) is 11.5. The Balaban J connectivity index is 1.96. The van der Waals surface area contributed by atoms with Crippen LogP contribution in [0.5, 0.6) is 0 Å². The highest BCUT2D eigenvalue weighted by molar-refractivity contribution is 5.95. The van der Waals surface area contributed by atoms with Crippen molar-refractivity contribution in [1.82, 2.24) is 25.1 Å². The maximum atomic E-state index is 12.4. The van der Waals surface area contributed by atoms with E-state index < -0.39 is 0 Å². The van der Waals surface area contributed by atoms with Gasteiger partial charge in [-0.25, -0.2) is 9.97 Å². The number of piperidine rings is 1. The average Bonchev–Trinajstić information content (AvgIpc) is 2.94. The van der Waals surface area contributed by atoms with Gasteiger partial charge in [-0.05, 0) is 24.7 Å². The molecule has 7 heteroatoms. The number of nitrogens with zero attached hydrogens (tertiary/aromatic N) is 5. The molecule has 0 aliphatic carbocycles. The third-order valence-electron chi connectivity index (χ3n) is 4.53. The summed E-state index contributed by atoms with van der Waals surface area (Å²) in [6.07, 6.45) is 4.07. The van der Waals surface area contributed by atoms with E-state index in [4.69, 9.17) is 0 Å². The Morgan fingerprint density at radius 1 is 1.33 bits per heavy atom. The van der Waals surface area contributed by atoms with Crippen LogP contribution in [0, 0.1) is 11.8 Å². The average molecular weight is 330 g/mol. The second-order valence-electron chi connectivity index (χ2n) is 7.15. The van der Waals surface area contributed by atoms with Crippen molar-refractivity contribution >= 4 is 22.8 Å². The molecule has 0 bridgehead atoms. The summed E-state index contributed by atoms with van der Waals surface area (Å²) in [4.78, 5) is 23.7. The molecule has 0 radical (unpaired) electrons. The third-order valence-corrected chi connectivity index (χ3v) is 4.53. The van der Waals surface area contributed by atoms with Crippen molar-refractivity contribution in [3.8, 4) is 0 Å². The van der Waals surface area contributed by atoms with Crippen LogP contribution in [0.25, 0.3) is 11.0 Å². The molecule has 2 aromatic rings. The second kappa shape index (κ2) is 6.75. The van der Waals surface area contributed by atoms with Gasteiger partial charge < -0.3 is 10.2 Å². The molecule has 0 aromatic carbocycles. The summed E-state index contributed by atoms with van der Waals surface area (Å²) in [5.41, 5.74) is 0.702. The van der Waals surface area contributed by atoms with Crippen LogP contribution in [0.3, 0.4) is 0 Å². The lowest BCUT2D eigenvalue weighted by atomic mass is 9.99. The fourth-order valence-electron chi connectivity index (χ4n) is 2.95. The van der Waals surface area contributed by atoms with E-state index in [1.807, 2.05) is 7.05 Å². The molecule has 24 heavy (non-hydrogen) atoms.